The van der Waals surface area contributed by atoms with Crippen LogP contribution in [0.5, 0.6) is 5.75 Å². The van der Waals surface area contributed by atoms with Crippen molar-refractivity contribution >= 4 is 23.1 Å². The van der Waals surface area contributed by atoms with Gasteiger partial charge in [-0.05, 0) is 37.5 Å². The Morgan fingerprint density at radius 1 is 1.42 bits per heavy atom. The van der Waals surface area contributed by atoms with Gasteiger partial charge in [-0.25, -0.2) is 0 Å². The maximum absolute atomic E-state index is 12.1. The zero-order valence-corrected chi connectivity index (χ0v) is 12.1. The Balaban J connectivity index is 2.51. The third-order valence-electron chi connectivity index (χ3n) is 3.39. The van der Waals surface area contributed by atoms with E-state index in [1.165, 1.54) is 0 Å². The standard InChI is InChI=1S/C14H20N2O2S/c1-3-14(2,12(15)19)13(18)16-9-8-10-4-6-11(17)7-5-10/h4-7,17H,3,8-9H2,1-2H3,(H2,15,19)(H,16,18). The van der Waals surface area contributed by atoms with Gasteiger partial charge in [0, 0.05) is 6.54 Å². The van der Waals surface area contributed by atoms with Crippen LogP contribution in [-0.2, 0) is 11.2 Å². The molecule has 1 rings (SSSR count). The lowest BCUT2D eigenvalue weighted by atomic mass is 9.86. The summed E-state index contributed by atoms with van der Waals surface area (Å²) in [4.78, 5) is 12.3. The van der Waals surface area contributed by atoms with Crippen LogP contribution in [0.2, 0.25) is 0 Å². The summed E-state index contributed by atoms with van der Waals surface area (Å²) in [7, 11) is 0. The zero-order chi connectivity index (χ0) is 14.5. The van der Waals surface area contributed by atoms with Crippen LogP contribution >= 0.6 is 12.2 Å². The monoisotopic (exact) mass is 280 g/mol. The molecule has 0 bridgehead atoms. The summed E-state index contributed by atoms with van der Waals surface area (Å²) >= 11 is 4.95. The van der Waals surface area contributed by atoms with Crippen LogP contribution in [0.25, 0.3) is 0 Å². The molecule has 104 valence electrons. The predicted octanol–water partition coefficient (Wildman–Crippen LogP) is 1.75. The lowest BCUT2D eigenvalue weighted by Gasteiger charge is -2.25. The van der Waals surface area contributed by atoms with Crippen LogP contribution in [0, 0.1) is 5.41 Å². The van der Waals surface area contributed by atoms with E-state index in [0.29, 0.717) is 19.4 Å². The molecule has 0 aliphatic rings. The summed E-state index contributed by atoms with van der Waals surface area (Å²) in [6, 6.07) is 6.91. The van der Waals surface area contributed by atoms with E-state index in [1.807, 2.05) is 19.1 Å². The second kappa shape index (κ2) is 6.52. The normalized spacial score (nSPS) is 13.6. The van der Waals surface area contributed by atoms with Gasteiger partial charge in [0.25, 0.3) is 0 Å². The van der Waals surface area contributed by atoms with Crippen LogP contribution in [-0.4, -0.2) is 22.5 Å². The molecule has 4 N–H and O–H groups in total. The highest BCUT2D eigenvalue weighted by Crippen LogP contribution is 2.21. The van der Waals surface area contributed by atoms with Crippen LogP contribution in [0.3, 0.4) is 0 Å². The summed E-state index contributed by atoms with van der Waals surface area (Å²) in [6.45, 7) is 4.16. The summed E-state index contributed by atoms with van der Waals surface area (Å²) in [5, 5.41) is 12.0. The number of phenols is 1. The summed E-state index contributed by atoms with van der Waals surface area (Å²) in [6.07, 6.45) is 1.27. The van der Waals surface area contributed by atoms with Crippen molar-refractivity contribution in [3.8, 4) is 5.75 Å². The largest absolute Gasteiger partial charge is 0.508 e. The van der Waals surface area contributed by atoms with Gasteiger partial charge in [0.05, 0.1) is 10.4 Å². The van der Waals surface area contributed by atoms with E-state index in [9.17, 15) is 9.90 Å². The van der Waals surface area contributed by atoms with Gasteiger partial charge in [0.2, 0.25) is 5.91 Å². The van der Waals surface area contributed by atoms with Crippen molar-refractivity contribution in [3.05, 3.63) is 29.8 Å². The number of nitrogens with one attached hydrogen (secondary N) is 1. The first-order chi connectivity index (χ1) is 8.90. The number of carbonyl (C=O) groups is 1. The molecule has 0 saturated heterocycles. The maximum Gasteiger partial charge on any atom is 0.232 e. The summed E-state index contributed by atoms with van der Waals surface area (Å²) < 4.78 is 0. The lowest BCUT2D eigenvalue weighted by molar-refractivity contribution is -0.126. The second-order valence-electron chi connectivity index (χ2n) is 4.72. The fourth-order valence-corrected chi connectivity index (χ4v) is 1.86. The average molecular weight is 280 g/mol. The number of rotatable bonds is 6. The van der Waals surface area contributed by atoms with Crippen molar-refractivity contribution in [1.29, 1.82) is 0 Å². The third kappa shape index (κ3) is 3.92. The number of thiocarbonyl (C=S) groups is 1. The highest BCUT2D eigenvalue weighted by atomic mass is 32.1. The first kappa shape index (κ1) is 15.4. The Morgan fingerprint density at radius 2 is 2.00 bits per heavy atom. The molecule has 19 heavy (non-hydrogen) atoms. The number of carbonyl (C=O) groups excluding carboxylic acids is 1. The van der Waals surface area contributed by atoms with E-state index in [4.69, 9.17) is 18.0 Å². The van der Waals surface area contributed by atoms with Gasteiger partial charge in [0.15, 0.2) is 0 Å². The van der Waals surface area contributed by atoms with E-state index in [1.54, 1.807) is 19.1 Å². The Kier molecular flexibility index (Phi) is 5.30. The lowest BCUT2D eigenvalue weighted by Crippen LogP contribution is -2.47. The quantitative estimate of drug-likeness (QED) is 0.694. The predicted molar refractivity (Wildman–Crippen MR) is 80.0 cm³/mol. The molecule has 4 nitrogen and oxygen atoms in total. The average Bonchev–Trinajstić information content (AvgIpc) is 2.39. The van der Waals surface area contributed by atoms with Gasteiger partial charge in [-0.3, -0.25) is 4.79 Å². The van der Waals surface area contributed by atoms with Crippen LogP contribution < -0.4 is 11.1 Å². The van der Waals surface area contributed by atoms with E-state index in [0.717, 1.165) is 5.56 Å². The molecule has 1 unspecified atom stereocenters. The molecule has 0 heterocycles. The van der Waals surface area contributed by atoms with Crippen LogP contribution in [0.4, 0.5) is 0 Å². The second-order valence-corrected chi connectivity index (χ2v) is 5.16. The minimum atomic E-state index is -0.787. The maximum atomic E-state index is 12.1. The summed E-state index contributed by atoms with van der Waals surface area (Å²) in [5.41, 5.74) is 5.89. The number of benzene rings is 1. The van der Waals surface area contributed by atoms with Crippen LogP contribution in [0.1, 0.15) is 25.8 Å². The molecule has 0 radical (unpaired) electrons. The fourth-order valence-electron chi connectivity index (χ4n) is 1.62. The molecule has 0 aliphatic heterocycles. The van der Waals surface area contributed by atoms with Crippen molar-refractivity contribution < 1.29 is 9.90 Å². The number of phenolic OH excluding ortho intramolecular Hbond substituents is 1. The number of aromatic hydroxyl groups is 1. The van der Waals surface area contributed by atoms with Crippen molar-refractivity contribution in [3.63, 3.8) is 0 Å². The molecule has 0 aromatic heterocycles. The fraction of sp³-hybridized carbons (Fsp3) is 0.429. The highest BCUT2D eigenvalue weighted by molar-refractivity contribution is 7.80. The molecule has 0 aliphatic carbocycles. The minimum absolute atomic E-state index is 0.138. The molecule has 1 atom stereocenters. The first-order valence-corrected chi connectivity index (χ1v) is 6.67. The first-order valence-electron chi connectivity index (χ1n) is 6.26. The number of amides is 1. The molecule has 0 spiro atoms. The number of hydrogen-bond acceptors (Lipinski definition) is 3. The minimum Gasteiger partial charge on any atom is -0.508 e. The topological polar surface area (TPSA) is 75.3 Å². The van der Waals surface area contributed by atoms with Gasteiger partial charge in [-0.2, -0.15) is 0 Å². The van der Waals surface area contributed by atoms with Crippen molar-refractivity contribution in [1.82, 2.24) is 5.32 Å². The Labute approximate surface area is 119 Å². The molecule has 5 heteroatoms. The molecule has 1 aromatic rings. The van der Waals surface area contributed by atoms with Gasteiger partial charge in [0.1, 0.15) is 5.75 Å². The van der Waals surface area contributed by atoms with Gasteiger partial charge in [-0.15, -0.1) is 0 Å². The van der Waals surface area contributed by atoms with Gasteiger partial charge >= 0.3 is 0 Å². The summed E-state index contributed by atoms with van der Waals surface area (Å²) in [5.74, 6) is 0.0982. The number of nitrogens with two attached hydrogens (primary N) is 1. The highest BCUT2D eigenvalue weighted by Gasteiger charge is 2.34. The Bertz CT molecular complexity index is 459. The molecule has 0 fully saturated rings. The molecule has 0 saturated carbocycles. The van der Waals surface area contributed by atoms with Crippen molar-refractivity contribution in [2.45, 2.75) is 26.7 Å². The molecule has 1 amide bonds. The van der Waals surface area contributed by atoms with Crippen LogP contribution in [0.15, 0.2) is 24.3 Å². The van der Waals surface area contributed by atoms with E-state index >= 15 is 0 Å². The Morgan fingerprint density at radius 3 is 2.47 bits per heavy atom. The van der Waals surface area contributed by atoms with Crippen molar-refractivity contribution in [2.24, 2.45) is 11.1 Å². The third-order valence-corrected chi connectivity index (χ3v) is 3.84. The van der Waals surface area contributed by atoms with Gasteiger partial charge < -0.3 is 16.2 Å². The zero-order valence-electron chi connectivity index (χ0n) is 11.3. The van der Waals surface area contributed by atoms with E-state index < -0.39 is 5.41 Å². The molecular formula is C14H20N2O2S. The van der Waals surface area contributed by atoms with Crippen molar-refractivity contribution in [2.75, 3.05) is 6.54 Å². The van der Waals surface area contributed by atoms with Gasteiger partial charge in [-0.1, -0.05) is 31.3 Å². The number of hydrogen-bond donors (Lipinski definition) is 3. The molecular weight excluding hydrogens is 260 g/mol. The van der Waals surface area contributed by atoms with E-state index in [2.05, 4.69) is 5.32 Å². The Hall–Kier alpha value is -1.62. The SMILES string of the molecule is CCC(C)(C(=O)NCCc1ccc(O)cc1)C(N)=S. The smallest absolute Gasteiger partial charge is 0.232 e. The van der Waals surface area contributed by atoms with E-state index in [-0.39, 0.29) is 16.6 Å². The molecule has 1 aromatic carbocycles.